The van der Waals surface area contributed by atoms with E-state index in [4.69, 9.17) is 11.5 Å². The topological polar surface area (TPSA) is 69.3 Å². The number of hydrogen-bond donors (Lipinski definition) is 2. The molecule has 0 fully saturated rings. The Morgan fingerprint density at radius 1 is 1.00 bits per heavy atom. The standard InChI is InChI=1S/C13H12N4/c14-10-4-1-3-9(7-10)11-8-17-12(15)5-2-6-13(17)16-11/h1-8H,14-15H2. The van der Waals surface area contributed by atoms with Crippen LogP contribution in [-0.2, 0) is 0 Å². The van der Waals surface area contributed by atoms with Crippen molar-refractivity contribution in [3.05, 3.63) is 48.7 Å². The normalized spacial score (nSPS) is 10.8. The molecule has 0 amide bonds. The molecule has 0 aliphatic carbocycles. The SMILES string of the molecule is Nc1cccc(-c2cn3c(N)cccc3n2)c1. The van der Waals surface area contributed by atoms with E-state index in [-0.39, 0.29) is 0 Å². The fourth-order valence-corrected chi connectivity index (χ4v) is 1.87. The maximum Gasteiger partial charge on any atom is 0.139 e. The van der Waals surface area contributed by atoms with Crippen molar-refractivity contribution in [3.8, 4) is 11.3 Å². The lowest BCUT2D eigenvalue weighted by atomic mass is 10.1. The molecule has 0 unspecified atom stereocenters. The molecule has 3 aromatic rings. The lowest BCUT2D eigenvalue weighted by molar-refractivity contribution is 1.20. The summed E-state index contributed by atoms with van der Waals surface area (Å²) in [5.74, 6) is 0.671. The number of rotatable bonds is 1. The summed E-state index contributed by atoms with van der Waals surface area (Å²) >= 11 is 0. The summed E-state index contributed by atoms with van der Waals surface area (Å²) in [6.07, 6.45) is 1.92. The lowest BCUT2D eigenvalue weighted by Crippen LogP contribution is -1.93. The first kappa shape index (κ1) is 9.72. The molecular formula is C13H12N4. The van der Waals surface area contributed by atoms with Crippen molar-refractivity contribution in [2.24, 2.45) is 0 Å². The van der Waals surface area contributed by atoms with Gasteiger partial charge in [-0.1, -0.05) is 18.2 Å². The van der Waals surface area contributed by atoms with Crippen LogP contribution < -0.4 is 11.5 Å². The van der Waals surface area contributed by atoms with Gasteiger partial charge in [0.25, 0.3) is 0 Å². The summed E-state index contributed by atoms with van der Waals surface area (Å²) in [7, 11) is 0. The van der Waals surface area contributed by atoms with Crippen LogP contribution in [0, 0.1) is 0 Å². The first-order valence-corrected chi connectivity index (χ1v) is 5.33. The van der Waals surface area contributed by atoms with Gasteiger partial charge in [0.05, 0.1) is 5.69 Å². The number of nitrogens with two attached hydrogens (primary N) is 2. The molecule has 0 saturated heterocycles. The van der Waals surface area contributed by atoms with Crippen molar-refractivity contribution < 1.29 is 0 Å². The summed E-state index contributed by atoms with van der Waals surface area (Å²) < 4.78 is 1.86. The molecule has 0 saturated carbocycles. The first-order valence-electron chi connectivity index (χ1n) is 5.33. The molecule has 0 spiro atoms. The Morgan fingerprint density at radius 2 is 1.82 bits per heavy atom. The van der Waals surface area contributed by atoms with Crippen LogP contribution in [0.2, 0.25) is 0 Å². The van der Waals surface area contributed by atoms with Crippen LogP contribution in [0.15, 0.2) is 48.7 Å². The zero-order valence-corrected chi connectivity index (χ0v) is 9.17. The van der Waals surface area contributed by atoms with E-state index in [1.165, 1.54) is 0 Å². The molecule has 17 heavy (non-hydrogen) atoms. The highest BCUT2D eigenvalue weighted by molar-refractivity contribution is 5.67. The molecule has 4 nitrogen and oxygen atoms in total. The molecule has 0 atom stereocenters. The fraction of sp³-hybridized carbons (Fsp3) is 0. The first-order chi connectivity index (χ1) is 8.24. The maximum absolute atomic E-state index is 5.88. The number of anilines is 2. The van der Waals surface area contributed by atoms with Crippen LogP contribution in [0.25, 0.3) is 16.9 Å². The summed E-state index contributed by atoms with van der Waals surface area (Å²) in [5.41, 5.74) is 15.1. The number of pyridine rings is 1. The van der Waals surface area contributed by atoms with E-state index in [2.05, 4.69) is 4.98 Å². The van der Waals surface area contributed by atoms with Crippen LogP contribution in [0.3, 0.4) is 0 Å². The Kier molecular flexibility index (Phi) is 2.01. The third-order valence-electron chi connectivity index (χ3n) is 2.71. The van der Waals surface area contributed by atoms with Gasteiger partial charge < -0.3 is 11.5 Å². The van der Waals surface area contributed by atoms with Gasteiger partial charge in [0.15, 0.2) is 0 Å². The van der Waals surface area contributed by atoms with Crippen molar-refractivity contribution in [3.63, 3.8) is 0 Å². The molecule has 0 aliphatic rings. The Hall–Kier alpha value is -2.49. The third-order valence-corrected chi connectivity index (χ3v) is 2.71. The summed E-state index contributed by atoms with van der Waals surface area (Å²) in [6.45, 7) is 0. The van der Waals surface area contributed by atoms with E-state index in [9.17, 15) is 0 Å². The Balaban J connectivity index is 2.22. The molecule has 84 valence electrons. The molecule has 1 aromatic carbocycles. The summed E-state index contributed by atoms with van der Waals surface area (Å²) in [5, 5.41) is 0. The van der Waals surface area contributed by atoms with Gasteiger partial charge in [-0.05, 0) is 24.3 Å². The minimum atomic E-state index is 0.671. The van der Waals surface area contributed by atoms with Gasteiger partial charge in [-0.2, -0.15) is 0 Å². The van der Waals surface area contributed by atoms with Gasteiger partial charge in [0.1, 0.15) is 11.5 Å². The average molecular weight is 224 g/mol. The highest BCUT2D eigenvalue weighted by Crippen LogP contribution is 2.22. The molecule has 0 bridgehead atoms. The van der Waals surface area contributed by atoms with Gasteiger partial charge in [-0.3, -0.25) is 4.40 Å². The number of benzene rings is 1. The Morgan fingerprint density at radius 3 is 2.59 bits per heavy atom. The van der Waals surface area contributed by atoms with Crippen LogP contribution in [0.5, 0.6) is 0 Å². The lowest BCUT2D eigenvalue weighted by Gasteiger charge is -1.97. The Bertz CT molecular complexity index is 685. The van der Waals surface area contributed by atoms with E-state index in [1.807, 2.05) is 53.1 Å². The van der Waals surface area contributed by atoms with Gasteiger partial charge in [0, 0.05) is 17.4 Å². The number of imidazole rings is 1. The van der Waals surface area contributed by atoms with Crippen LogP contribution in [-0.4, -0.2) is 9.38 Å². The summed E-state index contributed by atoms with van der Waals surface area (Å²) in [4.78, 5) is 4.51. The van der Waals surface area contributed by atoms with Crippen LogP contribution in [0.4, 0.5) is 11.5 Å². The molecule has 4 heteroatoms. The number of nitrogen functional groups attached to an aromatic ring is 2. The fourth-order valence-electron chi connectivity index (χ4n) is 1.87. The number of nitrogens with zero attached hydrogens (tertiary/aromatic N) is 2. The Labute approximate surface area is 98.5 Å². The monoisotopic (exact) mass is 224 g/mol. The second-order valence-corrected chi connectivity index (χ2v) is 3.93. The molecule has 0 aliphatic heterocycles. The van der Waals surface area contributed by atoms with Crippen molar-refractivity contribution in [2.45, 2.75) is 0 Å². The van der Waals surface area contributed by atoms with E-state index in [1.54, 1.807) is 0 Å². The molecular weight excluding hydrogens is 212 g/mol. The van der Waals surface area contributed by atoms with Crippen molar-refractivity contribution in [1.82, 2.24) is 9.38 Å². The largest absolute Gasteiger partial charge is 0.399 e. The quantitative estimate of drug-likeness (QED) is 0.622. The van der Waals surface area contributed by atoms with Gasteiger partial charge in [-0.25, -0.2) is 4.98 Å². The minimum Gasteiger partial charge on any atom is -0.399 e. The molecule has 2 heterocycles. The maximum atomic E-state index is 5.88. The number of fused-ring (bicyclic) bond motifs is 1. The molecule has 0 radical (unpaired) electrons. The number of hydrogen-bond acceptors (Lipinski definition) is 3. The van der Waals surface area contributed by atoms with E-state index in [0.717, 1.165) is 22.6 Å². The van der Waals surface area contributed by atoms with Crippen molar-refractivity contribution in [2.75, 3.05) is 11.5 Å². The van der Waals surface area contributed by atoms with E-state index in [0.29, 0.717) is 5.82 Å². The van der Waals surface area contributed by atoms with E-state index < -0.39 is 0 Å². The third kappa shape index (κ3) is 1.59. The predicted molar refractivity (Wildman–Crippen MR) is 69.5 cm³/mol. The van der Waals surface area contributed by atoms with Crippen LogP contribution in [0.1, 0.15) is 0 Å². The predicted octanol–water partition coefficient (Wildman–Crippen LogP) is 2.17. The average Bonchev–Trinajstić information content (AvgIpc) is 2.74. The van der Waals surface area contributed by atoms with Gasteiger partial charge >= 0.3 is 0 Å². The number of aromatic nitrogens is 2. The smallest absolute Gasteiger partial charge is 0.139 e. The van der Waals surface area contributed by atoms with Gasteiger partial charge in [-0.15, -0.1) is 0 Å². The second kappa shape index (κ2) is 3.52. The highest BCUT2D eigenvalue weighted by Gasteiger charge is 2.05. The van der Waals surface area contributed by atoms with Gasteiger partial charge in [0.2, 0.25) is 0 Å². The molecule has 2 aromatic heterocycles. The highest BCUT2D eigenvalue weighted by atomic mass is 15.0. The van der Waals surface area contributed by atoms with Crippen LogP contribution >= 0.6 is 0 Å². The van der Waals surface area contributed by atoms with Crippen molar-refractivity contribution in [1.29, 1.82) is 0 Å². The minimum absolute atomic E-state index is 0.671. The zero-order chi connectivity index (χ0) is 11.8. The molecule has 4 N–H and O–H groups in total. The van der Waals surface area contributed by atoms with E-state index >= 15 is 0 Å². The summed E-state index contributed by atoms with van der Waals surface area (Å²) in [6, 6.07) is 13.3. The molecule has 3 rings (SSSR count). The van der Waals surface area contributed by atoms with Crippen molar-refractivity contribution >= 4 is 17.2 Å². The zero-order valence-electron chi connectivity index (χ0n) is 9.17. The second-order valence-electron chi connectivity index (χ2n) is 3.93.